The van der Waals surface area contributed by atoms with Crippen molar-refractivity contribution in [1.29, 1.82) is 0 Å². The summed E-state index contributed by atoms with van der Waals surface area (Å²) in [6.45, 7) is 2.24. The molecule has 8 heteroatoms. The molecular weight excluding hydrogens is 324 g/mol. The first kappa shape index (κ1) is 16.2. The van der Waals surface area contributed by atoms with Crippen LogP contribution in [0.5, 0.6) is 0 Å². The van der Waals surface area contributed by atoms with Gasteiger partial charge in [0.1, 0.15) is 16.3 Å². The highest BCUT2D eigenvalue weighted by Crippen LogP contribution is 2.39. The highest BCUT2D eigenvalue weighted by molar-refractivity contribution is 8.13. The van der Waals surface area contributed by atoms with Gasteiger partial charge in [-0.05, 0) is 30.4 Å². The lowest BCUT2D eigenvalue weighted by Gasteiger charge is -2.38. The minimum absolute atomic E-state index is 0.0707. The standard InChI is InChI=1S/C13H14ClF2NO3S/c1-13(5-2-6-13)7-17-12(18)10-8(15)3-4-9(11(10)16)21(14,19)20/h3-4H,2,5-7H2,1H3,(H,17,18). The van der Waals surface area contributed by atoms with Crippen molar-refractivity contribution < 1.29 is 22.0 Å². The van der Waals surface area contributed by atoms with Gasteiger partial charge in [0.05, 0.1) is 0 Å². The van der Waals surface area contributed by atoms with Crippen LogP contribution in [0.4, 0.5) is 8.78 Å². The summed E-state index contributed by atoms with van der Waals surface area (Å²) in [7, 11) is 0.660. The zero-order chi connectivity index (χ0) is 15.8. The van der Waals surface area contributed by atoms with Crippen molar-refractivity contribution in [2.45, 2.75) is 31.1 Å². The molecule has 1 saturated carbocycles. The smallest absolute Gasteiger partial charge is 0.264 e. The summed E-state index contributed by atoms with van der Waals surface area (Å²) in [6.07, 6.45) is 2.90. The summed E-state index contributed by atoms with van der Waals surface area (Å²) >= 11 is 0. The normalized spacial score (nSPS) is 17.1. The molecule has 0 bridgehead atoms. The van der Waals surface area contributed by atoms with Gasteiger partial charge in [0.25, 0.3) is 15.0 Å². The predicted molar refractivity (Wildman–Crippen MR) is 73.7 cm³/mol. The second-order valence-corrected chi connectivity index (χ2v) is 8.05. The second kappa shape index (κ2) is 5.53. The number of benzene rings is 1. The number of amides is 1. The average molecular weight is 338 g/mol. The van der Waals surface area contributed by atoms with Gasteiger partial charge in [0.2, 0.25) is 0 Å². The maximum atomic E-state index is 14.0. The Kier molecular flexibility index (Phi) is 4.26. The molecule has 1 aliphatic carbocycles. The summed E-state index contributed by atoms with van der Waals surface area (Å²) in [4.78, 5) is 11.0. The van der Waals surface area contributed by atoms with E-state index < -0.39 is 37.1 Å². The lowest BCUT2D eigenvalue weighted by atomic mass is 9.70. The van der Waals surface area contributed by atoms with Gasteiger partial charge in [-0.2, -0.15) is 0 Å². The number of halogens is 3. The van der Waals surface area contributed by atoms with Crippen molar-refractivity contribution in [3.05, 3.63) is 29.3 Å². The Morgan fingerprint density at radius 2 is 2.00 bits per heavy atom. The maximum absolute atomic E-state index is 14.0. The third-order valence-corrected chi connectivity index (χ3v) is 5.12. The Balaban J connectivity index is 2.28. The number of carbonyl (C=O) groups is 1. The summed E-state index contributed by atoms with van der Waals surface area (Å²) in [5.41, 5.74) is -1.00. The van der Waals surface area contributed by atoms with Crippen LogP contribution in [0.3, 0.4) is 0 Å². The monoisotopic (exact) mass is 337 g/mol. The molecule has 0 unspecified atom stereocenters. The highest BCUT2D eigenvalue weighted by Gasteiger charge is 2.33. The van der Waals surface area contributed by atoms with Crippen molar-refractivity contribution in [3.8, 4) is 0 Å². The van der Waals surface area contributed by atoms with Gasteiger partial charge >= 0.3 is 0 Å². The fourth-order valence-corrected chi connectivity index (χ4v) is 3.17. The van der Waals surface area contributed by atoms with E-state index in [9.17, 15) is 22.0 Å². The van der Waals surface area contributed by atoms with E-state index in [-0.39, 0.29) is 12.0 Å². The molecule has 1 N–H and O–H groups in total. The zero-order valence-corrected chi connectivity index (χ0v) is 12.8. The summed E-state index contributed by atoms with van der Waals surface area (Å²) < 4.78 is 50.0. The van der Waals surface area contributed by atoms with E-state index in [1.165, 1.54) is 0 Å². The van der Waals surface area contributed by atoms with Gasteiger partial charge in [-0.3, -0.25) is 4.79 Å². The lowest BCUT2D eigenvalue weighted by molar-refractivity contribution is 0.0882. The van der Waals surface area contributed by atoms with Crippen molar-refractivity contribution in [1.82, 2.24) is 5.32 Å². The van der Waals surface area contributed by atoms with Gasteiger partial charge < -0.3 is 5.32 Å². The Labute approximate surface area is 125 Å². The molecule has 0 atom stereocenters. The van der Waals surface area contributed by atoms with Crippen LogP contribution in [0.15, 0.2) is 17.0 Å². The molecule has 116 valence electrons. The quantitative estimate of drug-likeness (QED) is 0.859. The molecule has 1 fully saturated rings. The van der Waals surface area contributed by atoms with E-state index in [1.54, 1.807) is 0 Å². The van der Waals surface area contributed by atoms with Crippen LogP contribution in [0.25, 0.3) is 0 Å². The Morgan fingerprint density at radius 3 is 2.48 bits per heavy atom. The average Bonchev–Trinajstić information content (AvgIpc) is 2.32. The maximum Gasteiger partial charge on any atom is 0.264 e. The van der Waals surface area contributed by atoms with Crippen molar-refractivity contribution in [2.75, 3.05) is 6.54 Å². The zero-order valence-electron chi connectivity index (χ0n) is 11.3. The number of hydrogen-bond donors (Lipinski definition) is 1. The third-order valence-electron chi connectivity index (χ3n) is 3.78. The van der Waals surface area contributed by atoms with Crippen LogP contribution in [-0.2, 0) is 9.05 Å². The molecule has 2 rings (SSSR count). The largest absolute Gasteiger partial charge is 0.351 e. The number of carbonyl (C=O) groups excluding carboxylic acids is 1. The van der Waals surface area contributed by atoms with Crippen molar-refractivity contribution in [2.24, 2.45) is 5.41 Å². The first-order valence-corrected chi connectivity index (χ1v) is 8.66. The fraction of sp³-hybridized carbons (Fsp3) is 0.462. The SMILES string of the molecule is CC1(CNC(=O)c2c(F)ccc(S(=O)(=O)Cl)c2F)CCC1. The van der Waals surface area contributed by atoms with Gasteiger partial charge in [-0.1, -0.05) is 13.3 Å². The van der Waals surface area contributed by atoms with E-state index in [0.717, 1.165) is 19.3 Å². The van der Waals surface area contributed by atoms with E-state index in [1.807, 2.05) is 6.92 Å². The molecule has 0 spiro atoms. The lowest BCUT2D eigenvalue weighted by Crippen LogP contribution is -2.40. The summed E-state index contributed by atoms with van der Waals surface area (Å²) in [5, 5.41) is 2.44. The Morgan fingerprint density at radius 1 is 1.38 bits per heavy atom. The topological polar surface area (TPSA) is 63.2 Å². The van der Waals surface area contributed by atoms with Gasteiger partial charge in [0, 0.05) is 17.2 Å². The number of nitrogens with one attached hydrogen (secondary N) is 1. The molecule has 0 saturated heterocycles. The molecule has 0 heterocycles. The molecule has 1 aromatic rings. The number of rotatable bonds is 4. The molecule has 1 amide bonds. The molecule has 0 aliphatic heterocycles. The van der Waals surface area contributed by atoms with Crippen LogP contribution in [0.2, 0.25) is 0 Å². The minimum atomic E-state index is -4.39. The highest BCUT2D eigenvalue weighted by atomic mass is 35.7. The third kappa shape index (κ3) is 3.35. The molecule has 1 aromatic carbocycles. The number of hydrogen-bond acceptors (Lipinski definition) is 3. The summed E-state index contributed by atoms with van der Waals surface area (Å²) in [6, 6.07) is 1.40. The van der Waals surface area contributed by atoms with Gasteiger partial charge in [-0.25, -0.2) is 17.2 Å². The molecule has 0 aromatic heterocycles. The van der Waals surface area contributed by atoms with Crippen molar-refractivity contribution in [3.63, 3.8) is 0 Å². The Bertz CT molecular complexity index is 687. The predicted octanol–water partition coefficient (Wildman–Crippen LogP) is 2.81. The minimum Gasteiger partial charge on any atom is -0.351 e. The van der Waals surface area contributed by atoms with Gasteiger partial charge in [-0.15, -0.1) is 0 Å². The van der Waals surface area contributed by atoms with Crippen LogP contribution in [-0.4, -0.2) is 20.9 Å². The van der Waals surface area contributed by atoms with Crippen LogP contribution in [0.1, 0.15) is 36.5 Å². The molecule has 4 nitrogen and oxygen atoms in total. The van der Waals surface area contributed by atoms with Crippen LogP contribution in [0, 0.1) is 17.0 Å². The molecule has 1 aliphatic rings. The molecule has 21 heavy (non-hydrogen) atoms. The fourth-order valence-electron chi connectivity index (χ4n) is 2.27. The van der Waals surface area contributed by atoms with Crippen molar-refractivity contribution >= 4 is 25.6 Å². The van der Waals surface area contributed by atoms with E-state index in [4.69, 9.17) is 10.7 Å². The molecule has 0 radical (unpaired) electrons. The molecular formula is C13H14ClF2NO3S. The Hall–Kier alpha value is -1.21. The first-order valence-electron chi connectivity index (χ1n) is 6.35. The van der Waals surface area contributed by atoms with Gasteiger partial charge in [0.15, 0.2) is 5.82 Å². The second-order valence-electron chi connectivity index (χ2n) is 5.52. The van der Waals surface area contributed by atoms with E-state index in [0.29, 0.717) is 12.1 Å². The van der Waals surface area contributed by atoms with Crippen LogP contribution >= 0.6 is 10.7 Å². The van der Waals surface area contributed by atoms with E-state index in [2.05, 4.69) is 5.32 Å². The first-order chi connectivity index (χ1) is 9.64. The van der Waals surface area contributed by atoms with E-state index >= 15 is 0 Å². The summed E-state index contributed by atoms with van der Waals surface area (Å²) in [5.74, 6) is -3.59. The van der Waals surface area contributed by atoms with Crippen LogP contribution < -0.4 is 5.32 Å².